The van der Waals surface area contributed by atoms with Crippen molar-refractivity contribution >= 4 is 23.7 Å². The van der Waals surface area contributed by atoms with Crippen LogP contribution in [0.15, 0.2) is 53.2 Å². The fraction of sp³-hybridized carbons (Fsp3) is 0.316. The molecule has 0 spiro atoms. The fourth-order valence-corrected chi connectivity index (χ4v) is 2.84. The number of rotatable bonds is 7. The molecule has 5 N–H and O–H groups in total. The van der Waals surface area contributed by atoms with Crippen molar-refractivity contribution < 1.29 is 18.8 Å². The molecule has 3 atom stereocenters. The van der Waals surface area contributed by atoms with Crippen LogP contribution in [0.4, 0.5) is 0 Å². The van der Waals surface area contributed by atoms with Crippen molar-refractivity contribution in [1.82, 2.24) is 5.32 Å². The molecule has 0 radical (unpaired) electrons. The van der Waals surface area contributed by atoms with Crippen molar-refractivity contribution in [2.24, 2.45) is 16.9 Å². The number of Topliss-reactive ketones (excluding diaryl/α,β-unsaturated/α-hetero) is 1. The Bertz CT molecular complexity index is 747. The number of ketones is 1. The van der Waals surface area contributed by atoms with E-state index in [1.807, 2.05) is 12.2 Å². The van der Waals surface area contributed by atoms with Crippen molar-refractivity contribution in [2.75, 3.05) is 0 Å². The van der Waals surface area contributed by atoms with E-state index < -0.39 is 29.3 Å². The predicted molar refractivity (Wildman–Crippen MR) is 97.5 cm³/mol. The number of carbonyl (C=O) groups is 3. The maximum absolute atomic E-state index is 12.5. The quantitative estimate of drug-likeness (QED) is 0.626. The van der Waals surface area contributed by atoms with Gasteiger partial charge in [-0.3, -0.25) is 19.7 Å². The molecular weight excluding hydrogens is 334 g/mol. The minimum absolute atomic E-state index is 0.0647. The second kappa shape index (κ2) is 8.55. The molecule has 7 nitrogen and oxygen atoms in total. The first-order valence-corrected chi connectivity index (χ1v) is 8.30. The lowest BCUT2D eigenvalue weighted by atomic mass is 9.71. The summed E-state index contributed by atoms with van der Waals surface area (Å²) in [6.07, 6.45) is 11.7. The molecule has 138 valence electrons. The van der Waals surface area contributed by atoms with Gasteiger partial charge in [0.05, 0.1) is 23.8 Å². The molecule has 1 aliphatic rings. The van der Waals surface area contributed by atoms with Crippen LogP contribution in [0.5, 0.6) is 0 Å². The molecule has 2 rings (SSSR count). The zero-order valence-electron chi connectivity index (χ0n) is 14.6. The highest BCUT2D eigenvalue weighted by Gasteiger charge is 2.40. The molecule has 26 heavy (non-hydrogen) atoms. The van der Waals surface area contributed by atoms with Crippen molar-refractivity contribution in [1.29, 1.82) is 0 Å². The van der Waals surface area contributed by atoms with Crippen LogP contribution in [0, 0.1) is 5.41 Å². The number of allylic oxidation sites excluding steroid dienone is 4. The van der Waals surface area contributed by atoms with Crippen molar-refractivity contribution in [3.63, 3.8) is 0 Å². The summed E-state index contributed by atoms with van der Waals surface area (Å²) in [7, 11) is 0. The van der Waals surface area contributed by atoms with Crippen LogP contribution in [0.3, 0.4) is 0 Å². The Balaban J connectivity index is 2.00. The van der Waals surface area contributed by atoms with Gasteiger partial charge in [0.1, 0.15) is 5.76 Å². The summed E-state index contributed by atoms with van der Waals surface area (Å²) < 4.78 is 5.06. The van der Waals surface area contributed by atoms with Gasteiger partial charge in [0.15, 0.2) is 5.78 Å². The van der Waals surface area contributed by atoms with E-state index in [0.717, 1.165) is 0 Å². The van der Waals surface area contributed by atoms with Gasteiger partial charge in [-0.1, -0.05) is 24.3 Å². The smallest absolute Gasteiger partial charge is 0.250 e. The largest absolute Gasteiger partial charge is 0.465 e. The molecule has 0 aliphatic heterocycles. The molecule has 1 heterocycles. The Morgan fingerprint density at radius 1 is 1.35 bits per heavy atom. The van der Waals surface area contributed by atoms with Gasteiger partial charge in [-0.15, -0.1) is 0 Å². The lowest BCUT2D eigenvalue weighted by Crippen LogP contribution is -2.49. The Kier molecular flexibility index (Phi) is 6.43. The zero-order chi connectivity index (χ0) is 19.2. The number of imide groups is 1. The van der Waals surface area contributed by atoms with Gasteiger partial charge in [0.25, 0.3) is 5.91 Å². The van der Waals surface area contributed by atoms with E-state index in [0.29, 0.717) is 12.2 Å². The summed E-state index contributed by atoms with van der Waals surface area (Å²) in [6, 6.07) is 1.64. The van der Waals surface area contributed by atoms with E-state index in [4.69, 9.17) is 15.9 Å². The molecular formula is C19H23N3O4. The SMILES string of the molecule is C[C@H](N)C(=O)C1(C[C@H](N)C(=O)NC(=O)C=Cc2ccco2)C=CC=CC1. The number of furan rings is 1. The third kappa shape index (κ3) is 4.87. The van der Waals surface area contributed by atoms with Crippen LogP contribution in [0.25, 0.3) is 6.08 Å². The number of hydrogen-bond acceptors (Lipinski definition) is 6. The van der Waals surface area contributed by atoms with Crippen LogP contribution in [0.2, 0.25) is 0 Å². The van der Waals surface area contributed by atoms with Gasteiger partial charge in [-0.25, -0.2) is 0 Å². The second-order valence-electron chi connectivity index (χ2n) is 6.31. The number of carbonyl (C=O) groups excluding carboxylic acids is 3. The van der Waals surface area contributed by atoms with Crippen LogP contribution in [0.1, 0.15) is 25.5 Å². The molecule has 0 fully saturated rings. The number of nitrogens with two attached hydrogens (primary N) is 2. The lowest BCUT2D eigenvalue weighted by molar-refractivity contribution is -0.130. The van der Waals surface area contributed by atoms with Gasteiger partial charge in [0, 0.05) is 6.08 Å². The number of amides is 2. The summed E-state index contributed by atoms with van der Waals surface area (Å²) in [5, 5.41) is 2.20. The van der Waals surface area contributed by atoms with Crippen LogP contribution >= 0.6 is 0 Å². The standard InChI is InChI=1S/C19H23N3O4/c1-13(20)17(24)19(9-3-2-4-10-19)12-15(21)18(25)22-16(23)8-7-14-6-5-11-26-14/h2-9,11,13,15H,10,12,20-21H2,1H3,(H,22,23,25)/t13-,15-,19?/m0/s1. The van der Waals surface area contributed by atoms with Gasteiger partial charge in [-0.05, 0) is 38.0 Å². The topological polar surface area (TPSA) is 128 Å². The lowest BCUT2D eigenvalue weighted by Gasteiger charge is -2.33. The molecule has 1 aromatic heterocycles. The summed E-state index contributed by atoms with van der Waals surface area (Å²) in [5.41, 5.74) is 10.8. The summed E-state index contributed by atoms with van der Waals surface area (Å²) in [5.74, 6) is -0.977. The molecule has 1 unspecified atom stereocenters. The fourth-order valence-electron chi connectivity index (χ4n) is 2.84. The summed E-state index contributed by atoms with van der Waals surface area (Å²) in [6.45, 7) is 1.60. The second-order valence-corrected chi connectivity index (χ2v) is 6.31. The first kappa shape index (κ1) is 19.6. The minimum Gasteiger partial charge on any atom is -0.465 e. The van der Waals surface area contributed by atoms with E-state index in [1.54, 1.807) is 31.2 Å². The summed E-state index contributed by atoms with van der Waals surface area (Å²) in [4.78, 5) is 36.6. The molecule has 0 aromatic carbocycles. The van der Waals surface area contributed by atoms with Gasteiger partial charge in [0.2, 0.25) is 5.91 Å². The van der Waals surface area contributed by atoms with E-state index in [2.05, 4.69) is 5.32 Å². The normalized spacial score (nSPS) is 21.5. The number of hydrogen-bond donors (Lipinski definition) is 3. The molecule has 1 aromatic rings. The van der Waals surface area contributed by atoms with E-state index in [9.17, 15) is 14.4 Å². The van der Waals surface area contributed by atoms with Gasteiger partial charge >= 0.3 is 0 Å². The summed E-state index contributed by atoms with van der Waals surface area (Å²) >= 11 is 0. The van der Waals surface area contributed by atoms with E-state index in [-0.39, 0.29) is 12.2 Å². The van der Waals surface area contributed by atoms with E-state index in [1.165, 1.54) is 18.4 Å². The zero-order valence-corrected chi connectivity index (χ0v) is 14.6. The molecule has 0 saturated carbocycles. The third-order valence-corrected chi connectivity index (χ3v) is 4.16. The molecule has 0 saturated heterocycles. The molecule has 0 bridgehead atoms. The van der Waals surface area contributed by atoms with Crippen LogP contribution in [-0.4, -0.2) is 29.7 Å². The Hall–Kier alpha value is -2.77. The molecule has 2 amide bonds. The third-order valence-electron chi connectivity index (χ3n) is 4.16. The highest BCUT2D eigenvalue weighted by Crippen LogP contribution is 2.34. The Morgan fingerprint density at radius 2 is 2.12 bits per heavy atom. The highest BCUT2D eigenvalue weighted by molar-refractivity contribution is 6.04. The molecule has 1 aliphatic carbocycles. The first-order chi connectivity index (χ1) is 12.3. The van der Waals surface area contributed by atoms with Crippen molar-refractivity contribution in [3.05, 3.63) is 54.5 Å². The Morgan fingerprint density at radius 3 is 2.69 bits per heavy atom. The average Bonchev–Trinajstić information content (AvgIpc) is 3.13. The first-order valence-electron chi connectivity index (χ1n) is 8.30. The van der Waals surface area contributed by atoms with Crippen LogP contribution in [-0.2, 0) is 14.4 Å². The van der Waals surface area contributed by atoms with E-state index >= 15 is 0 Å². The van der Waals surface area contributed by atoms with Crippen LogP contribution < -0.4 is 16.8 Å². The monoisotopic (exact) mass is 357 g/mol. The predicted octanol–water partition coefficient (Wildman–Crippen LogP) is 1.07. The maximum atomic E-state index is 12.5. The number of nitrogens with one attached hydrogen (secondary N) is 1. The van der Waals surface area contributed by atoms with Crippen molar-refractivity contribution in [3.8, 4) is 0 Å². The Labute approximate surface area is 151 Å². The van der Waals surface area contributed by atoms with Gasteiger partial charge < -0.3 is 15.9 Å². The maximum Gasteiger partial charge on any atom is 0.250 e. The average molecular weight is 357 g/mol. The van der Waals surface area contributed by atoms with Crippen molar-refractivity contribution in [2.45, 2.75) is 31.8 Å². The highest BCUT2D eigenvalue weighted by atomic mass is 16.3. The van der Waals surface area contributed by atoms with Gasteiger partial charge in [-0.2, -0.15) is 0 Å². The minimum atomic E-state index is -1.03. The molecule has 7 heteroatoms.